The van der Waals surface area contributed by atoms with Crippen molar-refractivity contribution >= 4 is 16.7 Å². The Bertz CT molecular complexity index is 923. The van der Waals surface area contributed by atoms with E-state index in [1.807, 2.05) is 12.1 Å². The van der Waals surface area contributed by atoms with Crippen LogP contribution in [0.3, 0.4) is 0 Å². The highest BCUT2D eigenvalue weighted by Crippen LogP contribution is 2.33. The van der Waals surface area contributed by atoms with Crippen LogP contribution in [-0.2, 0) is 12.6 Å². The van der Waals surface area contributed by atoms with E-state index in [9.17, 15) is 18.3 Å². The Labute approximate surface area is 155 Å². The Hall–Kier alpha value is -2.63. The van der Waals surface area contributed by atoms with E-state index in [4.69, 9.17) is 4.42 Å². The summed E-state index contributed by atoms with van der Waals surface area (Å²) in [7, 11) is 0. The van der Waals surface area contributed by atoms with Crippen LogP contribution in [0.5, 0.6) is 5.75 Å². The average molecular weight is 375 g/mol. The predicted molar refractivity (Wildman–Crippen MR) is 98.0 cm³/mol. The number of furan rings is 1. The van der Waals surface area contributed by atoms with E-state index in [2.05, 4.69) is 4.90 Å². The number of phenolic OH excluding ortho intramolecular Hbond substituents is 1. The molecule has 0 unspecified atom stereocenters. The molecule has 27 heavy (non-hydrogen) atoms. The Morgan fingerprint density at radius 1 is 1.00 bits per heavy atom. The minimum atomic E-state index is -4.34. The van der Waals surface area contributed by atoms with Gasteiger partial charge in [0.15, 0.2) is 0 Å². The van der Waals surface area contributed by atoms with Crippen LogP contribution in [0.2, 0.25) is 0 Å². The van der Waals surface area contributed by atoms with Crippen LogP contribution in [-0.4, -0.2) is 18.2 Å². The summed E-state index contributed by atoms with van der Waals surface area (Å²) in [6.07, 6.45) is -1.62. The molecule has 2 aromatic carbocycles. The first-order chi connectivity index (χ1) is 12.9. The third-order valence-electron chi connectivity index (χ3n) is 5.21. The van der Waals surface area contributed by atoms with E-state index >= 15 is 0 Å². The molecule has 0 bridgehead atoms. The van der Waals surface area contributed by atoms with Crippen LogP contribution < -0.4 is 4.90 Å². The summed E-state index contributed by atoms with van der Waals surface area (Å²) in [4.78, 5) is 2.28. The summed E-state index contributed by atoms with van der Waals surface area (Å²) < 4.78 is 44.3. The second kappa shape index (κ2) is 6.83. The Morgan fingerprint density at radius 3 is 2.37 bits per heavy atom. The molecule has 0 saturated carbocycles. The molecule has 3 aromatic rings. The van der Waals surface area contributed by atoms with E-state index in [1.165, 1.54) is 6.07 Å². The summed E-state index contributed by atoms with van der Waals surface area (Å²) in [5.74, 6) is 1.45. The molecular formula is C21H20F3NO2. The van der Waals surface area contributed by atoms with Gasteiger partial charge in [-0.25, -0.2) is 0 Å². The maximum absolute atomic E-state index is 12.8. The normalized spacial score (nSPS) is 16.2. The number of hydrogen-bond donors (Lipinski definition) is 1. The van der Waals surface area contributed by atoms with Gasteiger partial charge < -0.3 is 14.4 Å². The molecule has 0 aliphatic carbocycles. The first-order valence-electron chi connectivity index (χ1n) is 9.02. The number of benzene rings is 2. The molecular weight excluding hydrogens is 355 g/mol. The van der Waals surface area contributed by atoms with Crippen molar-refractivity contribution in [1.82, 2.24) is 0 Å². The van der Waals surface area contributed by atoms with Crippen LogP contribution in [0.4, 0.5) is 18.9 Å². The number of fused-ring (bicyclic) bond motifs is 1. The number of alkyl halides is 3. The lowest BCUT2D eigenvalue weighted by Crippen LogP contribution is -2.34. The number of aromatic hydroxyl groups is 1. The van der Waals surface area contributed by atoms with Gasteiger partial charge in [-0.15, -0.1) is 0 Å². The SMILES string of the molecule is Oc1ccc(N2CCC(Cc3cc4cc(C(F)(F)F)ccc4o3)CC2)cc1. The van der Waals surface area contributed by atoms with Crippen molar-refractivity contribution in [2.24, 2.45) is 5.92 Å². The lowest BCUT2D eigenvalue weighted by molar-refractivity contribution is -0.137. The largest absolute Gasteiger partial charge is 0.508 e. The Kier molecular flexibility index (Phi) is 4.50. The molecule has 6 heteroatoms. The van der Waals surface area contributed by atoms with Gasteiger partial charge in [0.25, 0.3) is 0 Å². The molecule has 0 spiro atoms. The first-order valence-corrected chi connectivity index (χ1v) is 9.02. The fraction of sp³-hybridized carbons (Fsp3) is 0.333. The van der Waals surface area contributed by atoms with Gasteiger partial charge in [-0.2, -0.15) is 13.2 Å². The third-order valence-corrected chi connectivity index (χ3v) is 5.21. The second-order valence-electron chi connectivity index (χ2n) is 7.11. The van der Waals surface area contributed by atoms with E-state index in [-0.39, 0.29) is 5.75 Å². The van der Waals surface area contributed by atoms with Crippen LogP contribution in [0, 0.1) is 5.92 Å². The standard InChI is InChI=1S/C21H20F3NO2/c22-21(23,24)16-1-6-20-15(12-16)13-19(27-20)11-14-7-9-25(10-8-14)17-2-4-18(26)5-3-17/h1-6,12-14,26H,7-11H2. The predicted octanol–water partition coefficient (Wildman–Crippen LogP) is 5.62. The highest BCUT2D eigenvalue weighted by atomic mass is 19.4. The van der Waals surface area contributed by atoms with E-state index < -0.39 is 11.7 Å². The molecule has 0 radical (unpaired) electrons. The van der Waals surface area contributed by atoms with E-state index in [0.717, 1.165) is 55.9 Å². The Morgan fingerprint density at radius 2 is 1.70 bits per heavy atom. The van der Waals surface area contributed by atoms with Crippen molar-refractivity contribution in [2.75, 3.05) is 18.0 Å². The topological polar surface area (TPSA) is 36.6 Å². The van der Waals surface area contributed by atoms with Crippen LogP contribution in [0.1, 0.15) is 24.2 Å². The molecule has 3 nitrogen and oxygen atoms in total. The molecule has 1 fully saturated rings. The summed E-state index contributed by atoms with van der Waals surface area (Å²) in [6.45, 7) is 1.82. The number of rotatable bonds is 3. The molecule has 142 valence electrons. The molecule has 1 aliphatic rings. The van der Waals surface area contributed by atoms with Crippen molar-refractivity contribution in [2.45, 2.75) is 25.4 Å². The molecule has 1 saturated heterocycles. The van der Waals surface area contributed by atoms with E-state index in [1.54, 1.807) is 18.2 Å². The smallest absolute Gasteiger partial charge is 0.416 e. The van der Waals surface area contributed by atoms with Gasteiger partial charge in [0, 0.05) is 30.6 Å². The number of anilines is 1. The van der Waals surface area contributed by atoms with Crippen molar-refractivity contribution in [3.8, 4) is 5.75 Å². The highest BCUT2D eigenvalue weighted by molar-refractivity contribution is 5.78. The summed E-state index contributed by atoms with van der Waals surface area (Å²) >= 11 is 0. The number of hydrogen-bond acceptors (Lipinski definition) is 3. The summed E-state index contributed by atoms with van der Waals surface area (Å²) in [6, 6.07) is 12.5. The fourth-order valence-electron chi connectivity index (χ4n) is 3.72. The number of nitrogens with zero attached hydrogens (tertiary/aromatic N) is 1. The fourth-order valence-corrected chi connectivity index (χ4v) is 3.72. The van der Waals surface area contributed by atoms with Crippen molar-refractivity contribution in [3.63, 3.8) is 0 Å². The van der Waals surface area contributed by atoms with Crippen molar-refractivity contribution in [3.05, 3.63) is 59.9 Å². The average Bonchev–Trinajstić information content (AvgIpc) is 3.04. The van der Waals surface area contributed by atoms with Crippen molar-refractivity contribution in [1.29, 1.82) is 0 Å². The molecule has 1 aromatic heterocycles. The van der Waals surface area contributed by atoms with Gasteiger partial charge in [0.2, 0.25) is 0 Å². The van der Waals surface area contributed by atoms with Crippen LogP contribution in [0.25, 0.3) is 11.0 Å². The number of phenols is 1. The minimum absolute atomic E-state index is 0.257. The molecule has 1 N–H and O–H groups in total. The minimum Gasteiger partial charge on any atom is -0.508 e. The summed E-state index contributed by atoms with van der Waals surface area (Å²) in [5, 5.41) is 9.89. The van der Waals surface area contributed by atoms with Gasteiger partial charge in [-0.05, 0) is 67.3 Å². The number of piperidine rings is 1. The van der Waals surface area contributed by atoms with Crippen molar-refractivity contribution < 1.29 is 22.7 Å². The lowest BCUT2D eigenvalue weighted by atomic mass is 9.92. The van der Waals surface area contributed by atoms with Crippen LogP contribution >= 0.6 is 0 Å². The molecule has 4 rings (SSSR count). The van der Waals surface area contributed by atoms with Crippen LogP contribution in [0.15, 0.2) is 52.9 Å². The second-order valence-corrected chi connectivity index (χ2v) is 7.11. The zero-order valence-corrected chi connectivity index (χ0v) is 14.7. The zero-order chi connectivity index (χ0) is 19.0. The highest BCUT2D eigenvalue weighted by Gasteiger charge is 2.30. The van der Waals surface area contributed by atoms with Gasteiger partial charge in [-0.3, -0.25) is 0 Å². The monoisotopic (exact) mass is 375 g/mol. The van der Waals surface area contributed by atoms with Gasteiger partial charge >= 0.3 is 6.18 Å². The number of halogens is 3. The third kappa shape index (κ3) is 3.89. The maximum Gasteiger partial charge on any atom is 0.416 e. The van der Waals surface area contributed by atoms with E-state index in [0.29, 0.717) is 16.9 Å². The first kappa shape index (κ1) is 17.8. The van der Waals surface area contributed by atoms with Gasteiger partial charge in [0.1, 0.15) is 17.1 Å². The summed E-state index contributed by atoms with van der Waals surface area (Å²) in [5.41, 5.74) is 0.943. The molecule has 0 atom stereocenters. The Balaban J connectivity index is 1.40. The molecule has 0 amide bonds. The molecule has 1 aliphatic heterocycles. The molecule has 2 heterocycles. The lowest BCUT2D eigenvalue weighted by Gasteiger charge is -2.33. The maximum atomic E-state index is 12.8. The zero-order valence-electron chi connectivity index (χ0n) is 14.7. The van der Waals surface area contributed by atoms with Gasteiger partial charge in [-0.1, -0.05) is 0 Å². The quantitative estimate of drug-likeness (QED) is 0.646. The van der Waals surface area contributed by atoms with Gasteiger partial charge in [0.05, 0.1) is 5.56 Å².